The third kappa shape index (κ3) is 4.83. The predicted molar refractivity (Wildman–Crippen MR) is 80.7 cm³/mol. The number of alkyl halides is 1. The average molecular weight is 412 g/mol. The molecule has 1 unspecified atom stereocenters. The van der Waals surface area contributed by atoms with Crippen molar-refractivity contribution in [1.82, 2.24) is 5.32 Å². The highest BCUT2D eigenvalue weighted by molar-refractivity contribution is 14.1. The molecule has 1 amide bonds. The second-order valence-electron chi connectivity index (χ2n) is 3.95. The molecule has 5 heteroatoms. The molecule has 0 saturated carbocycles. The summed E-state index contributed by atoms with van der Waals surface area (Å²) in [6, 6.07) is 4.99. The molecule has 0 spiro atoms. The molecule has 0 heterocycles. The second kappa shape index (κ2) is 7.20. The zero-order valence-electron chi connectivity index (χ0n) is 9.54. The third-order valence-electron chi connectivity index (χ3n) is 2.42. The molecule has 94 valence electrons. The number of phenols is 1. The third-order valence-corrected chi connectivity index (χ3v) is 3.55. The van der Waals surface area contributed by atoms with E-state index in [0.29, 0.717) is 18.0 Å². The number of amides is 1. The molecule has 0 saturated heterocycles. The van der Waals surface area contributed by atoms with E-state index >= 15 is 0 Å². The number of rotatable bonds is 5. The molecule has 0 radical (unpaired) electrons. The summed E-state index contributed by atoms with van der Waals surface area (Å²) in [5.74, 6) is 0.224. The summed E-state index contributed by atoms with van der Waals surface area (Å²) in [5.41, 5.74) is 0.336. The van der Waals surface area contributed by atoms with E-state index in [9.17, 15) is 9.90 Å². The van der Waals surface area contributed by atoms with Crippen molar-refractivity contribution in [2.75, 3.05) is 11.9 Å². The molecule has 3 nitrogen and oxygen atoms in total. The number of halogens is 2. The van der Waals surface area contributed by atoms with Crippen LogP contribution in [0, 0.1) is 9.49 Å². The molecule has 2 N–H and O–H groups in total. The van der Waals surface area contributed by atoms with Crippen LogP contribution in [0.2, 0.25) is 0 Å². The Balaban J connectivity index is 2.61. The molecule has 1 aromatic rings. The number of carbonyl (C=O) groups is 1. The van der Waals surface area contributed by atoms with Gasteiger partial charge in [-0.2, -0.15) is 0 Å². The van der Waals surface area contributed by atoms with Gasteiger partial charge in [-0.15, -0.1) is 0 Å². The van der Waals surface area contributed by atoms with Gasteiger partial charge in [0.1, 0.15) is 5.75 Å². The van der Waals surface area contributed by atoms with E-state index in [2.05, 4.69) is 50.8 Å². The van der Waals surface area contributed by atoms with E-state index in [0.717, 1.165) is 15.3 Å². The lowest BCUT2D eigenvalue weighted by atomic mass is 10.1. The summed E-state index contributed by atoms with van der Waals surface area (Å²) in [6.45, 7) is 2.70. The van der Waals surface area contributed by atoms with Crippen LogP contribution in [-0.2, 0) is 0 Å². The van der Waals surface area contributed by atoms with Crippen molar-refractivity contribution < 1.29 is 9.90 Å². The first kappa shape index (κ1) is 14.8. The summed E-state index contributed by atoms with van der Waals surface area (Å²) < 4.78 is 0.930. The van der Waals surface area contributed by atoms with Crippen LogP contribution < -0.4 is 5.32 Å². The van der Waals surface area contributed by atoms with E-state index in [-0.39, 0.29) is 11.7 Å². The van der Waals surface area contributed by atoms with Crippen LogP contribution in [0.25, 0.3) is 0 Å². The van der Waals surface area contributed by atoms with Gasteiger partial charge in [-0.3, -0.25) is 4.79 Å². The quantitative estimate of drug-likeness (QED) is 0.577. The number of benzene rings is 1. The molecule has 0 aliphatic carbocycles. The first-order valence-electron chi connectivity index (χ1n) is 5.37. The molecule has 0 aliphatic heterocycles. The molecular formula is C12H15BrINO2. The highest BCUT2D eigenvalue weighted by Gasteiger charge is 2.12. The Morgan fingerprint density at radius 1 is 1.59 bits per heavy atom. The number of hydrogen-bond acceptors (Lipinski definition) is 2. The monoisotopic (exact) mass is 411 g/mol. The maximum atomic E-state index is 11.8. The zero-order valence-corrected chi connectivity index (χ0v) is 13.3. The second-order valence-corrected chi connectivity index (χ2v) is 5.99. The van der Waals surface area contributed by atoms with E-state index in [4.69, 9.17) is 0 Å². The predicted octanol–water partition coefficient (Wildman–Crippen LogP) is 3.15. The van der Waals surface area contributed by atoms with Gasteiger partial charge in [0.2, 0.25) is 0 Å². The molecule has 0 aliphatic rings. The Bertz CT molecular complexity index is 398. The normalized spacial score (nSPS) is 12.2. The van der Waals surface area contributed by atoms with Gasteiger partial charge in [0.25, 0.3) is 5.91 Å². The van der Waals surface area contributed by atoms with Crippen molar-refractivity contribution >= 4 is 44.4 Å². The van der Waals surface area contributed by atoms with Gasteiger partial charge in [-0.1, -0.05) is 22.9 Å². The van der Waals surface area contributed by atoms with Gasteiger partial charge < -0.3 is 10.4 Å². The average Bonchev–Trinajstić information content (AvgIpc) is 2.29. The van der Waals surface area contributed by atoms with E-state index in [1.807, 2.05) is 0 Å². The lowest BCUT2D eigenvalue weighted by molar-refractivity contribution is 0.0945. The maximum absolute atomic E-state index is 11.8. The summed E-state index contributed by atoms with van der Waals surface area (Å²) in [6.07, 6.45) is 1.01. The Labute approximate surface area is 123 Å². The Morgan fingerprint density at radius 3 is 2.94 bits per heavy atom. The molecule has 1 atom stereocenters. The lowest BCUT2D eigenvalue weighted by Gasteiger charge is -2.11. The number of phenolic OH excluding ortho intramolecular Hbond substituents is 1. The Hall–Kier alpha value is -0.300. The van der Waals surface area contributed by atoms with Crippen molar-refractivity contribution in [2.45, 2.75) is 13.3 Å². The van der Waals surface area contributed by atoms with Gasteiger partial charge in [-0.05, 0) is 53.1 Å². The largest absolute Gasteiger partial charge is 0.507 e. The van der Waals surface area contributed by atoms with Crippen LogP contribution in [0.15, 0.2) is 18.2 Å². The Morgan fingerprint density at radius 2 is 2.29 bits per heavy atom. The van der Waals surface area contributed by atoms with E-state index in [1.165, 1.54) is 0 Å². The molecule has 1 rings (SSSR count). The summed E-state index contributed by atoms with van der Waals surface area (Å²) in [4.78, 5) is 11.8. The molecule has 0 bridgehead atoms. The minimum absolute atomic E-state index is 0.0241. The summed E-state index contributed by atoms with van der Waals surface area (Å²) in [7, 11) is 0. The number of hydrogen-bond donors (Lipinski definition) is 2. The number of carbonyl (C=O) groups excluding carboxylic acids is 1. The van der Waals surface area contributed by atoms with E-state index in [1.54, 1.807) is 18.2 Å². The molecule has 1 aromatic carbocycles. The van der Waals surface area contributed by atoms with Crippen LogP contribution in [-0.4, -0.2) is 22.9 Å². The first-order valence-corrected chi connectivity index (χ1v) is 7.57. The molecular weight excluding hydrogens is 397 g/mol. The minimum Gasteiger partial charge on any atom is -0.507 e. The summed E-state index contributed by atoms with van der Waals surface area (Å²) in [5, 5.41) is 13.4. The number of nitrogens with one attached hydrogen (secondary N) is 1. The van der Waals surface area contributed by atoms with Crippen LogP contribution in [0.5, 0.6) is 5.75 Å². The highest BCUT2D eigenvalue weighted by atomic mass is 127. The van der Waals surface area contributed by atoms with Crippen LogP contribution in [0.4, 0.5) is 0 Å². The minimum atomic E-state index is -0.220. The smallest absolute Gasteiger partial charge is 0.255 e. The van der Waals surface area contributed by atoms with Crippen molar-refractivity contribution in [1.29, 1.82) is 0 Å². The van der Waals surface area contributed by atoms with Gasteiger partial charge in [0.05, 0.1) is 5.56 Å². The standard InChI is InChI=1S/C12H15BrINO2/c1-8(4-5-13)7-15-12(17)10-6-9(14)2-3-11(10)16/h2-3,6,8,16H,4-5,7H2,1H3,(H,15,17). The SMILES string of the molecule is CC(CCBr)CNC(=O)c1cc(I)ccc1O. The maximum Gasteiger partial charge on any atom is 0.255 e. The molecule has 0 fully saturated rings. The van der Waals surface area contributed by atoms with Crippen LogP contribution in [0.3, 0.4) is 0 Å². The molecule has 0 aromatic heterocycles. The van der Waals surface area contributed by atoms with Gasteiger partial charge >= 0.3 is 0 Å². The van der Waals surface area contributed by atoms with Crippen LogP contribution in [0.1, 0.15) is 23.7 Å². The van der Waals surface area contributed by atoms with Crippen molar-refractivity contribution in [2.24, 2.45) is 5.92 Å². The number of aromatic hydroxyl groups is 1. The first-order chi connectivity index (χ1) is 8.04. The topological polar surface area (TPSA) is 49.3 Å². The Kier molecular flexibility index (Phi) is 6.26. The lowest BCUT2D eigenvalue weighted by Crippen LogP contribution is -2.28. The van der Waals surface area contributed by atoms with Gasteiger partial charge in [-0.25, -0.2) is 0 Å². The fourth-order valence-corrected chi connectivity index (χ4v) is 2.61. The van der Waals surface area contributed by atoms with Crippen molar-refractivity contribution in [3.05, 3.63) is 27.3 Å². The van der Waals surface area contributed by atoms with Crippen molar-refractivity contribution in [3.63, 3.8) is 0 Å². The highest BCUT2D eigenvalue weighted by Crippen LogP contribution is 2.19. The van der Waals surface area contributed by atoms with Crippen molar-refractivity contribution in [3.8, 4) is 5.75 Å². The zero-order chi connectivity index (χ0) is 12.8. The fraction of sp³-hybridized carbons (Fsp3) is 0.417. The molecule has 17 heavy (non-hydrogen) atoms. The fourth-order valence-electron chi connectivity index (χ4n) is 1.34. The van der Waals surface area contributed by atoms with Gasteiger partial charge in [0.15, 0.2) is 0 Å². The van der Waals surface area contributed by atoms with Gasteiger partial charge in [0, 0.05) is 15.4 Å². The summed E-state index contributed by atoms with van der Waals surface area (Å²) >= 11 is 5.48. The van der Waals surface area contributed by atoms with Crippen LogP contribution >= 0.6 is 38.5 Å². The van der Waals surface area contributed by atoms with E-state index < -0.39 is 0 Å².